The number of aromatic amines is 1. The Kier molecular flexibility index (Phi) is 1.73. The van der Waals surface area contributed by atoms with Crippen LogP contribution < -0.4 is 5.56 Å². The van der Waals surface area contributed by atoms with E-state index in [0.717, 1.165) is 10.6 Å². The van der Waals surface area contributed by atoms with Crippen LogP contribution in [0.25, 0.3) is 5.65 Å². The molecule has 0 aliphatic heterocycles. The molecule has 0 saturated carbocycles. The molecule has 0 aliphatic rings. The second kappa shape index (κ2) is 2.91. The van der Waals surface area contributed by atoms with Crippen molar-refractivity contribution in [3.8, 4) is 6.07 Å². The van der Waals surface area contributed by atoms with Crippen LogP contribution in [-0.2, 0) is 0 Å². The number of carbonyl (C=O) groups is 1. The Balaban J connectivity index is 2.84. The number of hydrogen-bond acceptors (Lipinski definition) is 5. The predicted molar refractivity (Wildman–Crippen MR) is 45.3 cm³/mol. The third kappa shape index (κ3) is 1.22. The highest BCUT2D eigenvalue weighted by Crippen LogP contribution is 1.99. The maximum Gasteiger partial charge on any atom is 0.353 e. The van der Waals surface area contributed by atoms with Crippen LogP contribution in [0.5, 0.6) is 0 Å². The molecule has 2 N–H and O–H groups in total. The topological polar surface area (TPSA) is 124 Å². The Hall–Kier alpha value is -2.69. The zero-order chi connectivity index (χ0) is 11.0. The van der Waals surface area contributed by atoms with Gasteiger partial charge in [0.2, 0.25) is 5.69 Å². The highest BCUT2D eigenvalue weighted by molar-refractivity contribution is 5.86. The molecule has 2 rings (SSSR count). The van der Waals surface area contributed by atoms with Gasteiger partial charge in [-0.2, -0.15) is 9.78 Å². The third-order valence-corrected chi connectivity index (χ3v) is 1.73. The SMILES string of the molecule is N#Cc1nnc2cc(C(=O)O)[nH]n2c1=O. The zero-order valence-electron chi connectivity index (χ0n) is 7.13. The minimum Gasteiger partial charge on any atom is -0.477 e. The molecule has 2 aromatic heterocycles. The van der Waals surface area contributed by atoms with Crippen molar-refractivity contribution in [1.29, 1.82) is 5.26 Å². The lowest BCUT2D eigenvalue weighted by molar-refractivity contribution is 0.0690. The molecular formula is C7H3N5O3. The number of aromatic carboxylic acids is 1. The van der Waals surface area contributed by atoms with Crippen LogP contribution in [0, 0.1) is 11.3 Å². The van der Waals surface area contributed by atoms with Gasteiger partial charge in [0, 0.05) is 6.07 Å². The van der Waals surface area contributed by atoms with Crippen molar-refractivity contribution in [2.75, 3.05) is 0 Å². The van der Waals surface area contributed by atoms with E-state index < -0.39 is 17.2 Å². The van der Waals surface area contributed by atoms with Crippen LogP contribution in [0.2, 0.25) is 0 Å². The molecule has 8 nitrogen and oxygen atoms in total. The lowest BCUT2D eigenvalue weighted by Gasteiger charge is -1.90. The van der Waals surface area contributed by atoms with Crippen LogP contribution >= 0.6 is 0 Å². The summed E-state index contributed by atoms with van der Waals surface area (Å²) in [5.41, 5.74) is -1.27. The number of fused-ring (bicyclic) bond motifs is 1. The van der Waals surface area contributed by atoms with Crippen molar-refractivity contribution in [2.45, 2.75) is 0 Å². The Morgan fingerprint density at radius 2 is 2.33 bits per heavy atom. The lowest BCUT2D eigenvalue weighted by atomic mass is 10.4. The average molecular weight is 205 g/mol. The van der Waals surface area contributed by atoms with Gasteiger partial charge >= 0.3 is 11.5 Å². The largest absolute Gasteiger partial charge is 0.477 e. The van der Waals surface area contributed by atoms with Crippen LogP contribution in [0.15, 0.2) is 10.9 Å². The Morgan fingerprint density at radius 1 is 1.60 bits per heavy atom. The Bertz CT molecular complexity index is 647. The van der Waals surface area contributed by atoms with E-state index >= 15 is 0 Å². The molecule has 0 fully saturated rings. The average Bonchev–Trinajstić information content (AvgIpc) is 2.63. The first-order chi connectivity index (χ1) is 7.13. The van der Waals surface area contributed by atoms with E-state index in [9.17, 15) is 9.59 Å². The minimum atomic E-state index is -1.22. The van der Waals surface area contributed by atoms with Gasteiger partial charge in [-0.05, 0) is 0 Å². The standard InChI is InChI=1S/C7H3N5O3/c8-2-4-6(13)12-5(10-9-4)1-3(11-12)7(14)15/h1,11H,(H,14,15). The molecule has 0 radical (unpaired) electrons. The van der Waals surface area contributed by atoms with Gasteiger partial charge in [0.05, 0.1) is 0 Å². The molecule has 0 saturated heterocycles. The van der Waals surface area contributed by atoms with Crippen LogP contribution in [0.4, 0.5) is 0 Å². The number of carboxylic acids is 1. The molecule has 2 heterocycles. The van der Waals surface area contributed by atoms with Gasteiger partial charge in [0.15, 0.2) is 5.65 Å². The van der Waals surface area contributed by atoms with Crippen LogP contribution in [0.1, 0.15) is 16.2 Å². The smallest absolute Gasteiger partial charge is 0.353 e. The Morgan fingerprint density at radius 3 is 2.93 bits per heavy atom. The van der Waals surface area contributed by atoms with Crippen molar-refractivity contribution >= 4 is 11.6 Å². The van der Waals surface area contributed by atoms with E-state index in [-0.39, 0.29) is 11.3 Å². The first-order valence-electron chi connectivity index (χ1n) is 3.75. The molecule has 15 heavy (non-hydrogen) atoms. The van der Waals surface area contributed by atoms with Crippen LogP contribution in [-0.4, -0.2) is 30.9 Å². The number of aromatic nitrogens is 4. The molecule has 74 valence electrons. The van der Waals surface area contributed by atoms with E-state index in [1.165, 1.54) is 0 Å². The highest BCUT2D eigenvalue weighted by Gasteiger charge is 2.12. The first-order valence-corrected chi connectivity index (χ1v) is 3.75. The van der Waals surface area contributed by atoms with Gasteiger partial charge in [0.25, 0.3) is 0 Å². The summed E-state index contributed by atoms with van der Waals surface area (Å²) in [5, 5.41) is 26.3. The summed E-state index contributed by atoms with van der Waals surface area (Å²) in [6, 6.07) is 2.70. The fourth-order valence-corrected chi connectivity index (χ4v) is 1.06. The maximum absolute atomic E-state index is 11.4. The fraction of sp³-hybridized carbons (Fsp3) is 0. The maximum atomic E-state index is 11.4. The first kappa shape index (κ1) is 8.89. The molecule has 2 aromatic rings. The van der Waals surface area contributed by atoms with Gasteiger partial charge in [-0.1, -0.05) is 0 Å². The molecule has 0 spiro atoms. The molecule has 0 unspecified atom stereocenters. The summed E-state index contributed by atoms with van der Waals surface area (Å²) in [6.45, 7) is 0. The lowest BCUT2D eigenvalue weighted by Crippen LogP contribution is -2.20. The molecule has 0 aromatic carbocycles. The quantitative estimate of drug-likeness (QED) is 0.614. The molecule has 8 heteroatoms. The number of hydrogen-bond donors (Lipinski definition) is 2. The van der Waals surface area contributed by atoms with Gasteiger partial charge in [0.1, 0.15) is 11.8 Å². The summed E-state index contributed by atoms with van der Waals surface area (Å²) in [6.07, 6.45) is 0. The Labute approximate surface area is 81.4 Å². The van der Waals surface area contributed by atoms with Crippen molar-refractivity contribution in [1.82, 2.24) is 19.8 Å². The van der Waals surface area contributed by atoms with Gasteiger partial charge in [-0.15, -0.1) is 10.2 Å². The molecular weight excluding hydrogens is 202 g/mol. The number of nitrogens with one attached hydrogen (secondary N) is 1. The van der Waals surface area contributed by atoms with Crippen molar-refractivity contribution in [2.24, 2.45) is 0 Å². The second-order valence-corrected chi connectivity index (χ2v) is 2.63. The molecule has 0 bridgehead atoms. The monoisotopic (exact) mass is 205 g/mol. The highest BCUT2D eigenvalue weighted by atomic mass is 16.4. The van der Waals surface area contributed by atoms with Crippen molar-refractivity contribution in [3.05, 3.63) is 27.8 Å². The van der Waals surface area contributed by atoms with Gasteiger partial charge < -0.3 is 5.11 Å². The number of rotatable bonds is 1. The van der Waals surface area contributed by atoms with Gasteiger partial charge in [-0.25, -0.2) is 4.79 Å². The van der Waals surface area contributed by atoms with Crippen molar-refractivity contribution in [3.63, 3.8) is 0 Å². The zero-order valence-corrected chi connectivity index (χ0v) is 7.13. The van der Waals surface area contributed by atoms with Crippen LogP contribution in [0.3, 0.4) is 0 Å². The number of nitriles is 1. The fourth-order valence-electron chi connectivity index (χ4n) is 1.06. The molecule has 0 amide bonds. The summed E-state index contributed by atoms with van der Waals surface area (Å²) < 4.78 is 0.856. The number of H-pyrrole nitrogens is 1. The summed E-state index contributed by atoms with van der Waals surface area (Å²) >= 11 is 0. The number of carboxylic acid groups (broad SMARTS) is 1. The van der Waals surface area contributed by atoms with E-state index in [4.69, 9.17) is 10.4 Å². The summed E-state index contributed by atoms with van der Waals surface area (Å²) in [4.78, 5) is 22.0. The minimum absolute atomic E-state index is 0.0522. The van der Waals surface area contributed by atoms with E-state index in [2.05, 4.69) is 15.3 Å². The molecule has 0 atom stereocenters. The predicted octanol–water partition coefficient (Wildman–Crippen LogP) is -1.01. The van der Waals surface area contributed by atoms with Crippen molar-refractivity contribution < 1.29 is 9.90 Å². The number of nitrogens with zero attached hydrogens (tertiary/aromatic N) is 4. The van der Waals surface area contributed by atoms with Gasteiger partial charge in [-0.3, -0.25) is 9.89 Å². The normalized spacial score (nSPS) is 10.1. The summed E-state index contributed by atoms with van der Waals surface area (Å²) in [5.74, 6) is -1.22. The molecule has 0 aliphatic carbocycles. The van der Waals surface area contributed by atoms with E-state index in [1.807, 2.05) is 0 Å². The third-order valence-electron chi connectivity index (χ3n) is 1.73. The summed E-state index contributed by atoms with van der Waals surface area (Å²) in [7, 11) is 0. The second-order valence-electron chi connectivity index (χ2n) is 2.63. The van der Waals surface area contributed by atoms with E-state index in [0.29, 0.717) is 0 Å². The van der Waals surface area contributed by atoms with E-state index in [1.54, 1.807) is 6.07 Å².